The van der Waals surface area contributed by atoms with Crippen LogP contribution in [-0.2, 0) is 11.2 Å². The Labute approximate surface area is 189 Å². The third kappa shape index (κ3) is 4.12. The lowest BCUT2D eigenvalue weighted by molar-refractivity contribution is -0.0510. The number of ether oxygens (including phenoxy) is 2. The van der Waals surface area contributed by atoms with Crippen molar-refractivity contribution in [2.75, 3.05) is 26.3 Å². The molecule has 3 aliphatic rings. The standard InChI is InChI=1S/C25H36N2O3S/c1-3-25(27-12-14-29-15-13-27)9-6-19(7-10-25)30-20-8-11-26-24-23(20)22-18(16-17(2)28)4-5-21(22)31-24/h8,11,17-19,28H,3-7,9-10,12-16H2,1-2H3/t17-,18+,19-,25-/m0/s1. The number of hydrogen-bond acceptors (Lipinski definition) is 6. The van der Waals surface area contributed by atoms with Crippen LogP contribution in [0.4, 0.5) is 0 Å². The Bertz CT molecular complexity index is 898. The molecule has 2 fully saturated rings. The van der Waals surface area contributed by atoms with Crippen molar-refractivity contribution < 1.29 is 14.6 Å². The summed E-state index contributed by atoms with van der Waals surface area (Å²) in [5.41, 5.74) is 1.74. The van der Waals surface area contributed by atoms with E-state index in [0.717, 1.165) is 69.0 Å². The van der Waals surface area contributed by atoms with Gasteiger partial charge in [0, 0.05) is 29.7 Å². The van der Waals surface area contributed by atoms with E-state index in [1.54, 1.807) is 0 Å². The Morgan fingerprint density at radius 3 is 2.77 bits per heavy atom. The predicted molar refractivity (Wildman–Crippen MR) is 125 cm³/mol. The number of morpholine rings is 1. The van der Waals surface area contributed by atoms with E-state index in [9.17, 15) is 5.11 Å². The molecule has 2 aromatic rings. The van der Waals surface area contributed by atoms with Gasteiger partial charge in [0.2, 0.25) is 0 Å². The fourth-order valence-corrected chi connectivity index (χ4v) is 7.49. The van der Waals surface area contributed by atoms with Crippen molar-refractivity contribution in [1.82, 2.24) is 9.88 Å². The average Bonchev–Trinajstić information content (AvgIpc) is 3.35. The van der Waals surface area contributed by atoms with Gasteiger partial charge in [-0.25, -0.2) is 4.98 Å². The Morgan fingerprint density at radius 2 is 2.06 bits per heavy atom. The summed E-state index contributed by atoms with van der Waals surface area (Å²) in [6.45, 7) is 8.12. The Balaban J connectivity index is 1.34. The fourth-order valence-electron chi connectivity index (χ4n) is 6.23. The molecule has 0 bridgehead atoms. The molecular weight excluding hydrogens is 408 g/mol. The molecule has 0 aromatic carbocycles. The molecule has 170 valence electrons. The zero-order valence-corrected chi connectivity index (χ0v) is 19.8. The molecule has 0 amide bonds. The average molecular weight is 445 g/mol. The first-order valence-electron chi connectivity index (χ1n) is 12.2. The van der Waals surface area contributed by atoms with Crippen LogP contribution in [-0.4, -0.2) is 59.0 Å². The first-order valence-corrected chi connectivity index (χ1v) is 13.0. The van der Waals surface area contributed by atoms with Crippen molar-refractivity contribution in [1.29, 1.82) is 0 Å². The van der Waals surface area contributed by atoms with E-state index in [4.69, 9.17) is 9.47 Å². The van der Waals surface area contributed by atoms with E-state index < -0.39 is 0 Å². The van der Waals surface area contributed by atoms with Gasteiger partial charge in [0.1, 0.15) is 10.6 Å². The van der Waals surface area contributed by atoms with Crippen LogP contribution in [0, 0.1) is 0 Å². The van der Waals surface area contributed by atoms with Gasteiger partial charge in [-0.2, -0.15) is 0 Å². The lowest BCUT2D eigenvalue weighted by atomic mass is 9.77. The smallest absolute Gasteiger partial charge is 0.131 e. The minimum absolute atomic E-state index is 0.271. The summed E-state index contributed by atoms with van der Waals surface area (Å²) < 4.78 is 12.3. The molecule has 5 rings (SSSR count). The Kier molecular flexibility index (Phi) is 6.26. The van der Waals surface area contributed by atoms with Gasteiger partial charge in [0.05, 0.1) is 30.8 Å². The zero-order chi connectivity index (χ0) is 21.4. The Morgan fingerprint density at radius 1 is 1.29 bits per heavy atom. The molecule has 2 aromatic heterocycles. The van der Waals surface area contributed by atoms with Crippen molar-refractivity contribution >= 4 is 21.6 Å². The summed E-state index contributed by atoms with van der Waals surface area (Å²) in [6.07, 6.45) is 10.8. The molecule has 2 atom stereocenters. The van der Waals surface area contributed by atoms with E-state index in [1.165, 1.54) is 35.1 Å². The second-order valence-corrected chi connectivity index (χ2v) is 10.8. The highest BCUT2D eigenvalue weighted by Gasteiger charge is 2.40. The molecule has 2 aliphatic carbocycles. The van der Waals surface area contributed by atoms with Crippen LogP contribution in [0.1, 0.15) is 75.2 Å². The number of nitrogens with zero attached hydrogens (tertiary/aromatic N) is 2. The molecule has 1 N–H and O–H groups in total. The maximum Gasteiger partial charge on any atom is 0.131 e. The van der Waals surface area contributed by atoms with Gasteiger partial charge in [-0.3, -0.25) is 4.90 Å². The van der Waals surface area contributed by atoms with Crippen molar-refractivity contribution in [3.8, 4) is 5.75 Å². The Hall–Kier alpha value is -1.21. The number of hydrogen-bond donors (Lipinski definition) is 1. The summed E-state index contributed by atoms with van der Waals surface area (Å²) in [4.78, 5) is 9.90. The second-order valence-electron chi connectivity index (χ2n) is 9.74. The van der Waals surface area contributed by atoms with E-state index in [-0.39, 0.29) is 12.2 Å². The van der Waals surface area contributed by atoms with Crippen LogP contribution in [0.2, 0.25) is 0 Å². The van der Waals surface area contributed by atoms with Gasteiger partial charge in [-0.15, -0.1) is 11.3 Å². The van der Waals surface area contributed by atoms with E-state index in [0.29, 0.717) is 11.5 Å². The summed E-state index contributed by atoms with van der Waals surface area (Å²) >= 11 is 1.82. The quantitative estimate of drug-likeness (QED) is 0.687. The maximum atomic E-state index is 10.0. The highest BCUT2D eigenvalue weighted by atomic mass is 32.1. The molecular formula is C25H36N2O3S. The van der Waals surface area contributed by atoms with Crippen LogP contribution in [0.25, 0.3) is 10.2 Å². The molecule has 1 aliphatic heterocycles. The maximum absolute atomic E-state index is 10.0. The molecule has 0 radical (unpaired) electrons. The van der Waals surface area contributed by atoms with Crippen LogP contribution < -0.4 is 4.74 Å². The number of rotatable bonds is 6. The van der Waals surface area contributed by atoms with E-state index >= 15 is 0 Å². The molecule has 0 spiro atoms. The first kappa shape index (κ1) is 21.6. The number of thiophene rings is 1. The molecule has 1 saturated heterocycles. The molecule has 6 heteroatoms. The molecule has 5 nitrogen and oxygen atoms in total. The summed E-state index contributed by atoms with van der Waals surface area (Å²) in [7, 11) is 0. The highest BCUT2D eigenvalue weighted by Crippen LogP contribution is 2.48. The number of aliphatic hydroxyl groups excluding tert-OH is 1. The SMILES string of the molecule is CC[C@]1(N2CCOCC2)CC[C@H](Oc2ccnc3sc4c(c23)[C@@H](C[C@H](C)O)CC4)CC1. The topological polar surface area (TPSA) is 54.8 Å². The third-order valence-electron chi connectivity index (χ3n) is 7.92. The monoisotopic (exact) mass is 444 g/mol. The number of fused-ring (bicyclic) bond motifs is 3. The van der Waals surface area contributed by atoms with Crippen LogP contribution in [0.15, 0.2) is 12.3 Å². The van der Waals surface area contributed by atoms with Crippen LogP contribution in [0.5, 0.6) is 5.75 Å². The lowest BCUT2D eigenvalue weighted by Crippen LogP contribution is -2.55. The number of aryl methyl sites for hydroxylation is 1. The number of pyridine rings is 1. The van der Waals surface area contributed by atoms with E-state index in [2.05, 4.69) is 22.9 Å². The van der Waals surface area contributed by atoms with Crippen molar-refractivity contribution in [2.24, 2.45) is 0 Å². The van der Waals surface area contributed by atoms with Crippen LogP contribution >= 0.6 is 11.3 Å². The molecule has 3 heterocycles. The predicted octanol–water partition coefficient (Wildman–Crippen LogP) is 4.90. The lowest BCUT2D eigenvalue weighted by Gasteiger charge is -2.49. The number of aromatic nitrogens is 1. The zero-order valence-electron chi connectivity index (χ0n) is 18.9. The summed E-state index contributed by atoms with van der Waals surface area (Å²) in [6, 6.07) is 2.07. The van der Waals surface area contributed by atoms with E-state index in [1.807, 2.05) is 24.5 Å². The highest BCUT2D eigenvalue weighted by molar-refractivity contribution is 7.19. The summed E-state index contributed by atoms with van der Waals surface area (Å²) in [5.74, 6) is 1.44. The van der Waals surface area contributed by atoms with Crippen molar-refractivity contribution in [3.63, 3.8) is 0 Å². The largest absolute Gasteiger partial charge is 0.490 e. The summed E-state index contributed by atoms with van der Waals surface area (Å²) in [5, 5.41) is 11.2. The molecule has 31 heavy (non-hydrogen) atoms. The molecule has 1 saturated carbocycles. The second kappa shape index (κ2) is 8.97. The van der Waals surface area contributed by atoms with Gasteiger partial charge in [0.25, 0.3) is 0 Å². The third-order valence-corrected chi connectivity index (χ3v) is 9.09. The minimum atomic E-state index is -0.271. The fraction of sp³-hybridized carbons (Fsp3) is 0.720. The van der Waals surface area contributed by atoms with Gasteiger partial charge in [-0.1, -0.05) is 6.92 Å². The van der Waals surface area contributed by atoms with Gasteiger partial charge < -0.3 is 14.6 Å². The normalized spacial score (nSPS) is 30.4. The van der Waals surface area contributed by atoms with Crippen molar-refractivity contribution in [3.05, 3.63) is 22.7 Å². The minimum Gasteiger partial charge on any atom is -0.490 e. The molecule has 0 unspecified atom stereocenters. The number of aliphatic hydroxyl groups is 1. The van der Waals surface area contributed by atoms with Gasteiger partial charge in [0.15, 0.2) is 0 Å². The van der Waals surface area contributed by atoms with Gasteiger partial charge >= 0.3 is 0 Å². The van der Waals surface area contributed by atoms with Crippen molar-refractivity contribution in [2.45, 2.75) is 88.9 Å². The van der Waals surface area contributed by atoms with Crippen LogP contribution in [0.3, 0.4) is 0 Å². The first-order chi connectivity index (χ1) is 15.1. The van der Waals surface area contributed by atoms with Gasteiger partial charge in [-0.05, 0) is 75.8 Å².